The SMILES string of the molecule is Cc1ccc(C(N)C(=O)N2CCC(Cc3ccccc3)C2)cc1.Cl. The molecule has 24 heavy (non-hydrogen) atoms. The summed E-state index contributed by atoms with van der Waals surface area (Å²) in [4.78, 5) is 14.6. The van der Waals surface area contributed by atoms with Crippen LogP contribution < -0.4 is 5.73 Å². The van der Waals surface area contributed by atoms with Crippen molar-refractivity contribution in [2.24, 2.45) is 11.7 Å². The Morgan fingerprint density at radius 2 is 1.83 bits per heavy atom. The molecule has 2 atom stereocenters. The van der Waals surface area contributed by atoms with Crippen LogP contribution in [0.2, 0.25) is 0 Å². The molecular formula is C20H25ClN2O. The highest BCUT2D eigenvalue weighted by molar-refractivity contribution is 5.85. The number of halogens is 1. The molecule has 0 spiro atoms. The van der Waals surface area contributed by atoms with Crippen molar-refractivity contribution in [3.05, 3.63) is 71.3 Å². The number of carbonyl (C=O) groups is 1. The van der Waals surface area contributed by atoms with E-state index in [4.69, 9.17) is 5.73 Å². The van der Waals surface area contributed by atoms with E-state index in [2.05, 4.69) is 24.3 Å². The number of amides is 1. The first kappa shape index (κ1) is 18.5. The Hall–Kier alpha value is -1.84. The summed E-state index contributed by atoms with van der Waals surface area (Å²) in [5.41, 5.74) is 9.59. The van der Waals surface area contributed by atoms with Gasteiger partial charge in [-0.25, -0.2) is 0 Å². The topological polar surface area (TPSA) is 46.3 Å². The third-order valence-corrected chi connectivity index (χ3v) is 4.67. The van der Waals surface area contributed by atoms with Gasteiger partial charge in [-0.05, 0) is 36.8 Å². The third-order valence-electron chi connectivity index (χ3n) is 4.67. The maximum Gasteiger partial charge on any atom is 0.244 e. The maximum absolute atomic E-state index is 12.6. The summed E-state index contributed by atoms with van der Waals surface area (Å²) in [5, 5.41) is 0. The Morgan fingerprint density at radius 3 is 2.50 bits per heavy atom. The first-order valence-electron chi connectivity index (χ1n) is 8.28. The van der Waals surface area contributed by atoms with Gasteiger partial charge in [-0.15, -0.1) is 12.4 Å². The number of rotatable bonds is 4. The molecule has 1 saturated heterocycles. The highest BCUT2D eigenvalue weighted by Gasteiger charge is 2.29. The molecule has 4 heteroatoms. The van der Waals surface area contributed by atoms with Gasteiger partial charge < -0.3 is 10.6 Å². The molecule has 0 aromatic heterocycles. The monoisotopic (exact) mass is 344 g/mol. The van der Waals surface area contributed by atoms with Gasteiger partial charge in [0.25, 0.3) is 0 Å². The van der Waals surface area contributed by atoms with Gasteiger partial charge in [-0.1, -0.05) is 60.2 Å². The molecule has 3 rings (SSSR count). The average Bonchev–Trinajstić information content (AvgIpc) is 3.03. The maximum atomic E-state index is 12.6. The van der Waals surface area contributed by atoms with E-state index in [1.807, 2.05) is 42.2 Å². The van der Waals surface area contributed by atoms with Crippen molar-refractivity contribution in [3.8, 4) is 0 Å². The van der Waals surface area contributed by atoms with Crippen molar-refractivity contribution in [2.75, 3.05) is 13.1 Å². The summed E-state index contributed by atoms with van der Waals surface area (Å²) in [6.45, 7) is 3.66. The van der Waals surface area contributed by atoms with E-state index in [9.17, 15) is 4.79 Å². The Morgan fingerprint density at radius 1 is 1.17 bits per heavy atom. The summed E-state index contributed by atoms with van der Waals surface area (Å²) >= 11 is 0. The molecule has 1 aliphatic rings. The van der Waals surface area contributed by atoms with E-state index in [1.54, 1.807) is 0 Å². The number of benzene rings is 2. The fraction of sp³-hybridized carbons (Fsp3) is 0.350. The van der Waals surface area contributed by atoms with Crippen molar-refractivity contribution >= 4 is 18.3 Å². The fourth-order valence-corrected chi connectivity index (χ4v) is 3.26. The molecule has 0 aliphatic carbocycles. The van der Waals surface area contributed by atoms with E-state index in [1.165, 1.54) is 11.1 Å². The highest BCUT2D eigenvalue weighted by Crippen LogP contribution is 2.24. The van der Waals surface area contributed by atoms with Crippen LogP contribution in [0.25, 0.3) is 0 Å². The van der Waals surface area contributed by atoms with Crippen molar-refractivity contribution in [1.29, 1.82) is 0 Å². The summed E-state index contributed by atoms with van der Waals surface area (Å²) in [6, 6.07) is 17.9. The van der Waals surface area contributed by atoms with Gasteiger partial charge in [0, 0.05) is 13.1 Å². The zero-order valence-corrected chi connectivity index (χ0v) is 14.8. The van der Waals surface area contributed by atoms with Crippen LogP contribution in [0.4, 0.5) is 0 Å². The molecule has 1 amide bonds. The Labute approximate surface area is 150 Å². The second-order valence-corrected chi connectivity index (χ2v) is 6.52. The van der Waals surface area contributed by atoms with Crippen LogP contribution in [-0.4, -0.2) is 23.9 Å². The van der Waals surface area contributed by atoms with Crippen LogP contribution in [0.3, 0.4) is 0 Å². The molecule has 2 unspecified atom stereocenters. The molecule has 0 bridgehead atoms. The van der Waals surface area contributed by atoms with Gasteiger partial charge in [-0.2, -0.15) is 0 Å². The zero-order chi connectivity index (χ0) is 16.2. The van der Waals surface area contributed by atoms with Gasteiger partial charge in [-0.3, -0.25) is 4.79 Å². The van der Waals surface area contributed by atoms with Gasteiger partial charge >= 0.3 is 0 Å². The molecule has 128 valence electrons. The smallest absolute Gasteiger partial charge is 0.244 e. The number of nitrogens with zero attached hydrogens (tertiary/aromatic N) is 1. The number of nitrogens with two attached hydrogens (primary N) is 1. The molecule has 2 aromatic rings. The van der Waals surface area contributed by atoms with E-state index in [0.29, 0.717) is 5.92 Å². The predicted octanol–water partition coefficient (Wildman–Crippen LogP) is 3.51. The van der Waals surface area contributed by atoms with Crippen LogP contribution in [0.1, 0.15) is 29.2 Å². The van der Waals surface area contributed by atoms with E-state index in [0.717, 1.165) is 31.5 Å². The number of aryl methyl sites for hydroxylation is 1. The van der Waals surface area contributed by atoms with Gasteiger partial charge in [0.05, 0.1) is 0 Å². The second kappa shape index (κ2) is 8.32. The predicted molar refractivity (Wildman–Crippen MR) is 100 cm³/mol. The van der Waals surface area contributed by atoms with Gasteiger partial charge in [0.2, 0.25) is 5.91 Å². The molecule has 2 N–H and O–H groups in total. The van der Waals surface area contributed by atoms with Crippen LogP contribution in [0, 0.1) is 12.8 Å². The van der Waals surface area contributed by atoms with Gasteiger partial charge in [0.1, 0.15) is 6.04 Å². The first-order chi connectivity index (χ1) is 11.1. The summed E-state index contributed by atoms with van der Waals surface area (Å²) in [7, 11) is 0. The molecule has 1 fully saturated rings. The quantitative estimate of drug-likeness (QED) is 0.922. The Balaban J connectivity index is 0.00000208. The van der Waals surface area contributed by atoms with Crippen LogP contribution in [-0.2, 0) is 11.2 Å². The lowest BCUT2D eigenvalue weighted by molar-refractivity contribution is -0.131. The minimum absolute atomic E-state index is 0. The number of likely N-dealkylation sites (tertiary alicyclic amines) is 1. The molecular weight excluding hydrogens is 320 g/mol. The minimum Gasteiger partial charge on any atom is -0.341 e. The number of carbonyl (C=O) groups excluding carboxylic acids is 1. The van der Waals surface area contributed by atoms with Crippen molar-refractivity contribution in [3.63, 3.8) is 0 Å². The minimum atomic E-state index is -0.550. The molecule has 0 saturated carbocycles. The summed E-state index contributed by atoms with van der Waals surface area (Å²) < 4.78 is 0. The Bertz CT molecular complexity index is 657. The van der Waals surface area contributed by atoms with Crippen molar-refractivity contribution in [2.45, 2.75) is 25.8 Å². The largest absolute Gasteiger partial charge is 0.341 e. The average molecular weight is 345 g/mol. The Kier molecular flexibility index (Phi) is 6.41. The van der Waals surface area contributed by atoms with Crippen molar-refractivity contribution in [1.82, 2.24) is 4.90 Å². The lowest BCUT2D eigenvalue weighted by Crippen LogP contribution is -2.37. The number of hydrogen-bond donors (Lipinski definition) is 1. The van der Waals surface area contributed by atoms with Gasteiger partial charge in [0.15, 0.2) is 0 Å². The molecule has 2 aromatic carbocycles. The van der Waals surface area contributed by atoms with Crippen LogP contribution in [0.15, 0.2) is 54.6 Å². The molecule has 3 nitrogen and oxygen atoms in total. The zero-order valence-electron chi connectivity index (χ0n) is 14.0. The normalized spacial score (nSPS) is 18.1. The lowest BCUT2D eigenvalue weighted by Gasteiger charge is -2.21. The summed E-state index contributed by atoms with van der Waals surface area (Å²) in [5.74, 6) is 0.580. The van der Waals surface area contributed by atoms with Crippen LogP contribution in [0.5, 0.6) is 0 Å². The van der Waals surface area contributed by atoms with E-state index >= 15 is 0 Å². The highest BCUT2D eigenvalue weighted by atomic mass is 35.5. The summed E-state index contributed by atoms with van der Waals surface area (Å²) in [6.07, 6.45) is 2.09. The lowest BCUT2D eigenvalue weighted by atomic mass is 9.99. The molecule has 1 aliphatic heterocycles. The first-order valence-corrected chi connectivity index (χ1v) is 8.28. The second-order valence-electron chi connectivity index (χ2n) is 6.52. The van der Waals surface area contributed by atoms with Crippen LogP contribution >= 0.6 is 12.4 Å². The fourth-order valence-electron chi connectivity index (χ4n) is 3.26. The standard InChI is InChI=1S/C20H24N2O.ClH/c1-15-7-9-18(10-8-15)19(21)20(23)22-12-11-17(14-22)13-16-5-3-2-4-6-16;/h2-10,17,19H,11-14,21H2,1H3;1H. The third kappa shape index (κ3) is 4.37. The van der Waals surface area contributed by atoms with Crippen molar-refractivity contribution < 1.29 is 4.79 Å². The number of hydrogen-bond acceptors (Lipinski definition) is 2. The van der Waals surface area contributed by atoms with E-state index < -0.39 is 6.04 Å². The molecule has 1 heterocycles. The van der Waals surface area contributed by atoms with E-state index in [-0.39, 0.29) is 18.3 Å². The molecule has 0 radical (unpaired) electrons.